The number of rotatable bonds is 7. The number of aliphatic imine (C=N–C) groups is 1. The molecule has 0 aliphatic carbocycles. The van der Waals surface area contributed by atoms with Crippen molar-refractivity contribution in [1.29, 1.82) is 0 Å². The molecule has 1 atom stereocenters. The lowest BCUT2D eigenvalue weighted by atomic mass is 9.97. The fourth-order valence-electron chi connectivity index (χ4n) is 2.71. The van der Waals surface area contributed by atoms with E-state index in [1.54, 1.807) is 0 Å². The van der Waals surface area contributed by atoms with Gasteiger partial charge in [0.15, 0.2) is 5.96 Å². The van der Waals surface area contributed by atoms with Crippen LogP contribution in [-0.2, 0) is 19.2 Å². The molecule has 2 rings (SSSR count). The molecule has 1 aromatic carbocycles. The molecule has 6 nitrogen and oxygen atoms in total. The van der Waals surface area contributed by atoms with Crippen LogP contribution in [0.15, 0.2) is 41.7 Å². The van der Waals surface area contributed by atoms with Crippen molar-refractivity contribution in [2.75, 3.05) is 13.1 Å². The van der Waals surface area contributed by atoms with E-state index < -0.39 is 24.0 Å². The van der Waals surface area contributed by atoms with Crippen LogP contribution in [0.25, 0.3) is 0 Å². The molecule has 1 heterocycles. The Labute approximate surface area is 162 Å². The van der Waals surface area contributed by atoms with Crippen LogP contribution in [0, 0.1) is 6.92 Å². The standard InChI is InChI=1S/C19H26F3N5O/c1-4-23-17(26-13-15-7-5-14(2)6-8-15)25-10-9-18(28,19(20,21)22)16-24-11-12-27(16)3/h5-8,11-12,28H,4,9-10,13H2,1-3H3,(H2,23,25,26). The fraction of sp³-hybridized carbons (Fsp3) is 0.474. The molecule has 9 heteroatoms. The van der Waals surface area contributed by atoms with Gasteiger partial charge in [-0.3, -0.25) is 0 Å². The van der Waals surface area contributed by atoms with Crippen molar-refractivity contribution < 1.29 is 18.3 Å². The third kappa shape index (κ3) is 5.25. The van der Waals surface area contributed by atoms with Crippen LogP contribution in [0.4, 0.5) is 13.2 Å². The first-order valence-electron chi connectivity index (χ1n) is 9.02. The normalized spacial score (nSPS) is 14.6. The molecule has 1 unspecified atom stereocenters. The molecule has 28 heavy (non-hydrogen) atoms. The summed E-state index contributed by atoms with van der Waals surface area (Å²) in [6, 6.07) is 7.85. The molecule has 1 aromatic heterocycles. The third-order valence-electron chi connectivity index (χ3n) is 4.32. The highest BCUT2D eigenvalue weighted by atomic mass is 19.4. The number of nitrogens with zero attached hydrogens (tertiary/aromatic N) is 3. The SMILES string of the molecule is CCNC(=NCc1ccc(C)cc1)NCCC(O)(c1nccn1C)C(F)(F)F. The van der Waals surface area contributed by atoms with Gasteiger partial charge in [0.2, 0.25) is 5.60 Å². The second-order valence-electron chi connectivity index (χ2n) is 6.58. The van der Waals surface area contributed by atoms with Gasteiger partial charge in [0.05, 0.1) is 6.54 Å². The van der Waals surface area contributed by atoms with E-state index in [9.17, 15) is 18.3 Å². The predicted molar refractivity (Wildman–Crippen MR) is 102 cm³/mol. The number of benzene rings is 1. The van der Waals surface area contributed by atoms with Crippen molar-refractivity contribution >= 4 is 5.96 Å². The number of nitrogens with one attached hydrogen (secondary N) is 2. The van der Waals surface area contributed by atoms with E-state index in [-0.39, 0.29) is 6.54 Å². The summed E-state index contributed by atoms with van der Waals surface area (Å²) in [7, 11) is 1.42. The molecule has 3 N–H and O–H groups in total. The zero-order valence-electron chi connectivity index (χ0n) is 16.2. The summed E-state index contributed by atoms with van der Waals surface area (Å²) in [5, 5.41) is 16.2. The maximum absolute atomic E-state index is 13.5. The topological polar surface area (TPSA) is 74.5 Å². The zero-order chi connectivity index (χ0) is 20.8. The smallest absolute Gasteiger partial charge is 0.374 e. The van der Waals surface area contributed by atoms with Crippen LogP contribution in [0.2, 0.25) is 0 Å². The minimum Gasteiger partial charge on any atom is -0.374 e. The van der Waals surface area contributed by atoms with E-state index in [2.05, 4.69) is 20.6 Å². The minimum absolute atomic E-state index is 0.136. The largest absolute Gasteiger partial charge is 0.424 e. The van der Waals surface area contributed by atoms with Gasteiger partial charge in [0, 0.05) is 39.0 Å². The van der Waals surface area contributed by atoms with Crippen molar-refractivity contribution in [2.45, 2.75) is 38.6 Å². The van der Waals surface area contributed by atoms with E-state index in [1.807, 2.05) is 38.1 Å². The maximum atomic E-state index is 13.5. The first-order valence-corrected chi connectivity index (χ1v) is 9.02. The van der Waals surface area contributed by atoms with Gasteiger partial charge in [-0.15, -0.1) is 0 Å². The number of guanidine groups is 1. The highest BCUT2D eigenvalue weighted by molar-refractivity contribution is 5.79. The average molecular weight is 397 g/mol. The average Bonchev–Trinajstić information content (AvgIpc) is 3.06. The van der Waals surface area contributed by atoms with Gasteiger partial charge >= 0.3 is 6.18 Å². The fourth-order valence-corrected chi connectivity index (χ4v) is 2.71. The second-order valence-corrected chi connectivity index (χ2v) is 6.58. The summed E-state index contributed by atoms with van der Waals surface area (Å²) in [5.74, 6) is -0.0594. The van der Waals surface area contributed by atoms with Crippen molar-refractivity contribution in [3.8, 4) is 0 Å². The zero-order valence-corrected chi connectivity index (χ0v) is 16.2. The molecular formula is C19H26F3N5O. The van der Waals surface area contributed by atoms with Gasteiger partial charge in [-0.25, -0.2) is 9.98 Å². The Balaban J connectivity index is 2.06. The Morgan fingerprint density at radius 1 is 1.21 bits per heavy atom. The van der Waals surface area contributed by atoms with Crippen LogP contribution >= 0.6 is 0 Å². The number of aliphatic hydroxyl groups is 1. The highest BCUT2D eigenvalue weighted by Gasteiger charge is 2.57. The van der Waals surface area contributed by atoms with E-state index in [0.717, 1.165) is 11.1 Å². The molecule has 0 saturated carbocycles. The van der Waals surface area contributed by atoms with Crippen LogP contribution < -0.4 is 10.6 Å². The summed E-state index contributed by atoms with van der Waals surface area (Å²) in [5.41, 5.74) is -0.923. The van der Waals surface area contributed by atoms with Gasteiger partial charge in [0.25, 0.3) is 0 Å². The van der Waals surface area contributed by atoms with Crippen molar-refractivity contribution in [3.05, 3.63) is 53.6 Å². The first kappa shape index (κ1) is 21.7. The monoisotopic (exact) mass is 397 g/mol. The van der Waals surface area contributed by atoms with Crippen LogP contribution in [0.1, 0.15) is 30.3 Å². The molecule has 0 aliphatic heterocycles. The molecule has 0 saturated heterocycles. The number of alkyl halides is 3. The molecule has 0 amide bonds. The molecule has 154 valence electrons. The lowest BCUT2D eigenvalue weighted by Crippen LogP contribution is -2.47. The number of halogens is 3. The predicted octanol–water partition coefficient (Wildman–Crippen LogP) is 2.62. The number of imidazole rings is 1. The van der Waals surface area contributed by atoms with Gasteiger partial charge in [-0.2, -0.15) is 13.2 Å². The number of aryl methyl sites for hydroxylation is 2. The second kappa shape index (κ2) is 9.09. The summed E-state index contributed by atoms with van der Waals surface area (Å²) in [6.45, 7) is 4.66. The molecule has 0 fully saturated rings. The molecule has 0 radical (unpaired) electrons. The first-order chi connectivity index (χ1) is 13.2. The lowest BCUT2D eigenvalue weighted by Gasteiger charge is -2.30. The number of aromatic nitrogens is 2. The van der Waals surface area contributed by atoms with Crippen LogP contribution in [0.5, 0.6) is 0 Å². The van der Waals surface area contributed by atoms with Gasteiger partial charge < -0.3 is 20.3 Å². The Morgan fingerprint density at radius 2 is 1.89 bits per heavy atom. The Bertz CT molecular complexity index is 786. The third-order valence-corrected chi connectivity index (χ3v) is 4.32. The van der Waals surface area contributed by atoms with E-state index in [0.29, 0.717) is 19.0 Å². The van der Waals surface area contributed by atoms with E-state index in [1.165, 1.54) is 24.0 Å². The Morgan fingerprint density at radius 3 is 2.43 bits per heavy atom. The van der Waals surface area contributed by atoms with Crippen LogP contribution in [-0.4, -0.2) is 39.9 Å². The molecular weight excluding hydrogens is 371 g/mol. The summed E-state index contributed by atoms with van der Waals surface area (Å²) < 4.78 is 41.8. The molecule has 0 spiro atoms. The molecule has 0 aliphatic rings. The quantitative estimate of drug-likeness (QED) is 0.496. The molecule has 0 bridgehead atoms. The van der Waals surface area contributed by atoms with Crippen LogP contribution in [0.3, 0.4) is 0 Å². The van der Waals surface area contributed by atoms with Crippen molar-refractivity contribution in [1.82, 2.24) is 20.2 Å². The number of hydrogen-bond donors (Lipinski definition) is 3. The summed E-state index contributed by atoms with van der Waals surface area (Å²) in [4.78, 5) is 8.08. The van der Waals surface area contributed by atoms with Gasteiger partial charge in [-0.05, 0) is 19.4 Å². The summed E-state index contributed by atoms with van der Waals surface area (Å²) in [6.07, 6.45) is -2.86. The van der Waals surface area contributed by atoms with E-state index >= 15 is 0 Å². The summed E-state index contributed by atoms with van der Waals surface area (Å²) >= 11 is 0. The number of hydrogen-bond acceptors (Lipinski definition) is 3. The minimum atomic E-state index is -4.86. The van der Waals surface area contributed by atoms with Gasteiger partial charge in [0.1, 0.15) is 5.82 Å². The van der Waals surface area contributed by atoms with Crippen molar-refractivity contribution in [2.24, 2.45) is 12.0 Å². The van der Waals surface area contributed by atoms with Crippen molar-refractivity contribution in [3.63, 3.8) is 0 Å². The lowest BCUT2D eigenvalue weighted by molar-refractivity contribution is -0.272. The van der Waals surface area contributed by atoms with E-state index in [4.69, 9.17) is 0 Å². The highest BCUT2D eigenvalue weighted by Crippen LogP contribution is 2.40. The Hall–Kier alpha value is -2.55. The van der Waals surface area contributed by atoms with Gasteiger partial charge in [-0.1, -0.05) is 29.8 Å². The maximum Gasteiger partial charge on any atom is 0.424 e. The molecule has 2 aromatic rings. The Kier molecular flexibility index (Phi) is 7.06.